The molecule has 0 radical (unpaired) electrons. The largest absolute Gasteiger partial charge is 0.325 e. The van der Waals surface area contributed by atoms with Gasteiger partial charge >= 0.3 is 0 Å². The van der Waals surface area contributed by atoms with Gasteiger partial charge < -0.3 is 5.73 Å². The van der Waals surface area contributed by atoms with Gasteiger partial charge in [0.2, 0.25) is 0 Å². The summed E-state index contributed by atoms with van der Waals surface area (Å²) in [6.07, 6.45) is 11.4. The van der Waals surface area contributed by atoms with E-state index in [0.29, 0.717) is 0 Å². The Morgan fingerprint density at radius 3 is 2.25 bits per heavy atom. The van der Waals surface area contributed by atoms with Gasteiger partial charge in [-0.2, -0.15) is 11.8 Å². The van der Waals surface area contributed by atoms with Crippen molar-refractivity contribution in [3.8, 4) is 0 Å². The van der Waals surface area contributed by atoms with Crippen LogP contribution in [0, 0.1) is 0 Å². The number of nitrogens with two attached hydrogens (primary N) is 1. The summed E-state index contributed by atoms with van der Waals surface area (Å²) in [5, 5.41) is 0. The van der Waals surface area contributed by atoms with E-state index in [1.807, 2.05) is 11.8 Å². The average molecular weight is 187 g/mol. The lowest BCUT2D eigenvalue weighted by Crippen LogP contribution is -2.39. The van der Waals surface area contributed by atoms with Gasteiger partial charge in [-0.3, -0.25) is 0 Å². The van der Waals surface area contributed by atoms with Crippen molar-refractivity contribution in [2.24, 2.45) is 5.73 Å². The van der Waals surface area contributed by atoms with Crippen molar-refractivity contribution in [1.29, 1.82) is 0 Å². The second kappa shape index (κ2) is 5.13. The highest BCUT2D eigenvalue weighted by Gasteiger charge is 2.24. The number of hydrogen-bond donors (Lipinski definition) is 1. The molecule has 0 bridgehead atoms. The van der Waals surface area contributed by atoms with E-state index in [1.165, 1.54) is 50.7 Å². The van der Waals surface area contributed by atoms with Crippen LogP contribution in [0.2, 0.25) is 0 Å². The first kappa shape index (κ1) is 10.4. The third kappa shape index (κ3) is 3.36. The standard InChI is InChI=1S/C10H21NS/c1-12-9-8-10(11)6-4-2-3-5-7-10/h2-9,11H2,1H3. The summed E-state index contributed by atoms with van der Waals surface area (Å²) in [6.45, 7) is 0. The zero-order valence-electron chi connectivity index (χ0n) is 8.14. The smallest absolute Gasteiger partial charge is 0.0162 e. The fourth-order valence-electron chi connectivity index (χ4n) is 1.99. The van der Waals surface area contributed by atoms with Crippen molar-refractivity contribution < 1.29 is 0 Å². The quantitative estimate of drug-likeness (QED) is 0.688. The normalized spacial score (nSPS) is 23.5. The molecule has 0 spiro atoms. The predicted molar refractivity (Wildman–Crippen MR) is 57.6 cm³/mol. The molecule has 1 saturated carbocycles. The fourth-order valence-corrected chi connectivity index (χ4v) is 2.60. The van der Waals surface area contributed by atoms with Gasteiger partial charge in [-0.1, -0.05) is 25.7 Å². The number of hydrogen-bond acceptors (Lipinski definition) is 2. The Morgan fingerprint density at radius 1 is 1.17 bits per heavy atom. The Kier molecular flexibility index (Phi) is 4.44. The summed E-state index contributed by atoms with van der Waals surface area (Å²) in [4.78, 5) is 0. The molecule has 1 nitrogen and oxygen atoms in total. The van der Waals surface area contributed by atoms with Crippen molar-refractivity contribution in [3.63, 3.8) is 0 Å². The molecular formula is C10H21NS. The number of thioether (sulfide) groups is 1. The summed E-state index contributed by atoms with van der Waals surface area (Å²) in [7, 11) is 0. The summed E-state index contributed by atoms with van der Waals surface area (Å²) in [5.74, 6) is 1.23. The first-order valence-corrected chi connectivity index (χ1v) is 6.44. The van der Waals surface area contributed by atoms with Gasteiger partial charge in [0.15, 0.2) is 0 Å². The maximum atomic E-state index is 6.33. The van der Waals surface area contributed by atoms with E-state index in [1.54, 1.807) is 0 Å². The van der Waals surface area contributed by atoms with E-state index >= 15 is 0 Å². The topological polar surface area (TPSA) is 26.0 Å². The molecule has 1 fully saturated rings. The SMILES string of the molecule is CSCCC1(N)CCCCCC1. The lowest BCUT2D eigenvalue weighted by molar-refractivity contribution is 0.362. The Hall–Kier alpha value is 0.310. The summed E-state index contributed by atoms with van der Waals surface area (Å²) in [5.41, 5.74) is 6.53. The third-order valence-electron chi connectivity index (χ3n) is 2.90. The molecule has 0 aliphatic heterocycles. The lowest BCUT2D eigenvalue weighted by atomic mass is 9.89. The average Bonchev–Trinajstić information content (AvgIpc) is 2.27. The maximum Gasteiger partial charge on any atom is 0.0162 e. The molecule has 1 aliphatic rings. The second-order valence-electron chi connectivity index (χ2n) is 4.02. The molecule has 12 heavy (non-hydrogen) atoms. The van der Waals surface area contributed by atoms with Gasteiger partial charge in [0.1, 0.15) is 0 Å². The first-order valence-electron chi connectivity index (χ1n) is 5.05. The fraction of sp³-hybridized carbons (Fsp3) is 1.00. The Bertz CT molecular complexity index is 117. The van der Waals surface area contributed by atoms with Gasteiger partial charge in [0.25, 0.3) is 0 Å². The van der Waals surface area contributed by atoms with E-state index in [2.05, 4.69) is 6.26 Å². The van der Waals surface area contributed by atoms with Gasteiger partial charge in [-0.15, -0.1) is 0 Å². The minimum Gasteiger partial charge on any atom is -0.325 e. The third-order valence-corrected chi connectivity index (χ3v) is 3.52. The van der Waals surface area contributed by atoms with Crippen molar-refractivity contribution in [2.45, 2.75) is 50.5 Å². The van der Waals surface area contributed by atoms with Crippen molar-refractivity contribution in [1.82, 2.24) is 0 Å². The van der Waals surface area contributed by atoms with Gasteiger partial charge in [-0.05, 0) is 31.3 Å². The van der Waals surface area contributed by atoms with Crippen LogP contribution in [0.4, 0.5) is 0 Å². The van der Waals surface area contributed by atoms with Crippen molar-refractivity contribution in [2.75, 3.05) is 12.0 Å². The zero-order valence-corrected chi connectivity index (χ0v) is 8.96. The highest BCUT2D eigenvalue weighted by Crippen LogP contribution is 2.28. The molecule has 1 aliphatic carbocycles. The van der Waals surface area contributed by atoms with Gasteiger partial charge in [-0.25, -0.2) is 0 Å². The van der Waals surface area contributed by atoms with E-state index in [9.17, 15) is 0 Å². The van der Waals surface area contributed by atoms with E-state index in [-0.39, 0.29) is 5.54 Å². The van der Waals surface area contributed by atoms with Crippen LogP contribution in [0.25, 0.3) is 0 Å². The Balaban J connectivity index is 2.32. The monoisotopic (exact) mass is 187 g/mol. The van der Waals surface area contributed by atoms with E-state index in [0.717, 1.165) is 0 Å². The summed E-state index contributed by atoms with van der Waals surface area (Å²) >= 11 is 1.92. The van der Waals surface area contributed by atoms with Crippen LogP contribution in [0.3, 0.4) is 0 Å². The molecule has 1 rings (SSSR count). The predicted octanol–water partition coefficient (Wildman–Crippen LogP) is 2.79. The molecular weight excluding hydrogens is 166 g/mol. The van der Waals surface area contributed by atoms with E-state index < -0.39 is 0 Å². The molecule has 0 aromatic rings. The Morgan fingerprint density at radius 2 is 1.75 bits per heavy atom. The van der Waals surface area contributed by atoms with Crippen LogP contribution in [-0.2, 0) is 0 Å². The molecule has 0 aromatic heterocycles. The van der Waals surface area contributed by atoms with Gasteiger partial charge in [0, 0.05) is 5.54 Å². The highest BCUT2D eigenvalue weighted by molar-refractivity contribution is 7.98. The summed E-state index contributed by atoms with van der Waals surface area (Å²) < 4.78 is 0. The van der Waals surface area contributed by atoms with Crippen LogP contribution >= 0.6 is 11.8 Å². The molecule has 0 aromatic carbocycles. The van der Waals surface area contributed by atoms with Crippen LogP contribution in [0.5, 0.6) is 0 Å². The molecule has 0 unspecified atom stereocenters. The Labute approximate surface area is 80.5 Å². The second-order valence-corrected chi connectivity index (χ2v) is 5.00. The molecule has 0 atom stereocenters. The first-order chi connectivity index (χ1) is 5.77. The van der Waals surface area contributed by atoms with Crippen LogP contribution in [0.15, 0.2) is 0 Å². The van der Waals surface area contributed by atoms with Crippen LogP contribution in [-0.4, -0.2) is 17.5 Å². The van der Waals surface area contributed by atoms with Gasteiger partial charge in [0.05, 0.1) is 0 Å². The molecule has 2 heteroatoms. The van der Waals surface area contributed by atoms with Crippen LogP contribution in [0.1, 0.15) is 44.9 Å². The van der Waals surface area contributed by atoms with Crippen molar-refractivity contribution >= 4 is 11.8 Å². The molecule has 0 amide bonds. The zero-order chi connectivity index (χ0) is 8.86. The maximum absolute atomic E-state index is 6.33. The van der Waals surface area contributed by atoms with Crippen molar-refractivity contribution in [3.05, 3.63) is 0 Å². The minimum absolute atomic E-state index is 0.194. The molecule has 0 saturated heterocycles. The molecule has 0 heterocycles. The highest BCUT2D eigenvalue weighted by atomic mass is 32.2. The molecule has 72 valence electrons. The summed E-state index contributed by atoms with van der Waals surface area (Å²) in [6, 6.07) is 0. The number of rotatable bonds is 3. The minimum atomic E-state index is 0.194. The lowest BCUT2D eigenvalue weighted by Gasteiger charge is -2.27. The van der Waals surface area contributed by atoms with Crippen LogP contribution < -0.4 is 5.73 Å². The molecule has 2 N–H and O–H groups in total. The van der Waals surface area contributed by atoms with E-state index in [4.69, 9.17) is 5.73 Å².